The Labute approximate surface area is 169 Å². The summed E-state index contributed by atoms with van der Waals surface area (Å²) in [7, 11) is 0. The van der Waals surface area contributed by atoms with Crippen molar-refractivity contribution in [2.24, 2.45) is 5.92 Å². The molecular formula is C20H28N2O5S. The molecule has 0 spiro atoms. The molecule has 0 radical (unpaired) electrons. The van der Waals surface area contributed by atoms with Crippen LogP contribution in [0.2, 0.25) is 0 Å². The minimum Gasteiger partial charge on any atom is -0.466 e. The summed E-state index contributed by atoms with van der Waals surface area (Å²) in [6.45, 7) is 5.13. The second-order valence-electron chi connectivity index (χ2n) is 7.60. The van der Waals surface area contributed by atoms with Gasteiger partial charge in [-0.05, 0) is 37.8 Å². The van der Waals surface area contributed by atoms with Crippen molar-refractivity contribution < 1.29 is 23.5 Å². The first-order valence-corrected chi connectivity index (χ1v) is 10.9. The topological polar surface area (TPSA) is 88.8 Å². The highest BCUT2D eigenvalue weighted by Crippen LogP contribution is 2.41. The number of nitrogens with zero attached hydrogens (tertiary/aromatic N) is 1. The summed E-state index contributed by atoms with van der Waals surface area (Å²) in [5, 5.41) is 2.65. The highest BCUT2D eigenvalue weighted by atomic mass is 32.2. The van der Waals surface area contributed by atoms with Gasteiger partial charge in [0.2, 0.25) is 5.91 Å². The standard InChI is InChI=1S/C20H28N2O5S/c1-12-7-4-5-8-15(12)21-18(24)13(2)27-20(25)16-11-28-19(22(16)14(3)23)17-9-6-10-26-17/h6,9-10,12-13,15-16,19H,4-5,7-8,11H2,1-3H3,(H,21,24)/t12-,13+,15+,16-,19+/m0/s1. The van der Waals surface area contributed by atoms with Crippen molar-refractivity contribution >= 4 is 29.5 Å². The van der Waals surface area contributed by atoms with Gasteiger partial charge in [-0.15, -0.1) is 11.8 Å². The lowest BCUT2D eigenvalue weighted by atomic mass is 9.86. The van der Waals surface area contributed by atoms with Gasteiger partial charge < -0.3 is 19.4 Å². The predicted octanol–water partition coefficient (Wildman–Crippen LogP) is 2.87. The van der Waals surface area contributed by atoms with E-state index in [1.807, 2.05) is 0 Å². The molecule has 7 nitrogen and oxygen atoms in total. The number of esters is 1. The van der Waals surface area contributed by atoms with Crippen molar-refractivity contribution in [3.05, 3.63) is 24.2 Å². The second-order valence-corrected chi connectivity index (χ2v) is 8.71. The number of amides is 2. The Bertz CT molecular complexity index is 707. The summed E-state index contributed by atoms with van der Waals surface area (Å²) in [4.78, 5) is 38.8. The quantitative estimate of drug-likeness (QED) is 0.754. The van der Waals surface area contributed by atoms with Gasteiger partial charge in [-0.1, -0.05) is 19.8 Å². The van der Waals surface area contributed by atoms with E-state index < -0.39 is 18.1 Å². The molecular weight excluding hydrogens is 380 g/mol. The second kappa shape index (κ2) is 9.03. The van der Waals surface area contributed by atoms with Gasteiger partial charge in [-0.2, -0.15) is 0 Å². The molecule has 2 amide bonds. The summed E-state index contributed by atoms with van der Waals surface area (Å²) in [6.07, 6.45) is 4.98. The van der Waals surface area contributed by atoms with Crippen molar-refractivity contribution in [2.45, 2.75) is 70.0 Å². The zero-order chi connectivity index (χ0) is 20.3. The van der Waals surface area contributed by atoms with Crippen LogP contribution in [0.25, 0.3) is 0 Å². The summed E-state index contributed by atoms with van der Waals surface area (Å²) in [5.74, 6) is 0.367. The van der Waals surface area contributed by atoms with Gasteiger partial charge in [0.05, 0.1) is 6.26 Å². The number of ether oxygens (including phenoxy) is 1. The number of furan rings is 1. The number of rotatable bonds is 5. The molecule has 1 N–H and O–H groups in total. The van der Waals surface area contributed by atoms with Gasteiger partial charge in [0.1, 0.15) is 17.2 Å². The lowest BCUT2D eigenvalue weighted by Crippen LogP contribution is -2.48. The average Bonchev–Trinajstić information content (AvgIpc) is 3.32. The van der Waals surface area contributed by atoms with E-state index >= 15 is 0 Å². The van der Waals surface area contributed by atoms with Gasteiger partial charge in [-0.3, -0.25) is 9.59 Å². The fourth-order valence-corrected chi connectivity index (χ4v) is 5.28. The zero-order valence-corrected chi connectivity index (χ0v) is 17.4. The molecule has 1 saturated carbocycles. The number of carbonyl (C=O) groups is 3. The molecule has 3 rings (SSSR count). The third-order valence-electron chi connectivity index (χ3n) is 5.52. The van der Waals surface area contributed by atoms with Crippen molar-refractivity contribution in [1.29, 1.82) is 0 Å². The summed E-state index contributed by atoms with van der Waals surface area (Å²) in [6, 6.07) is 2.92. The van der Waals surface area contributed by atoms with Gasteiger partial charge in [0.25, 0.3) is 5.91 Å². The van der Waals surface area contributed by atoms with Crippen LogP contribution in [0.1, 0.15) is 57.6 Å². The van der Waals surface area contributed by atoms with Crippen LogP contribution in [0.5, 0.6) is 0 Å². The maximum absolute atomic E-state index is 12.7. The fourth-order valence-electron chi connectivity index (χ4n) is 3.86. The smallest absolute Gasteiger partial charge is 0.330 e. The van der Waals surface area contributed by atoms with Gasteiger partial charge in [0, 0.05) is 18.7 Å². The van der Waals surface area contributed by atoms with Gasteiger partial charge in [0.15, 0.2) is 6.10 Å². The lowest BCUT2D eigenvalue weighted by molar-refractivity contribution is -0.161. The Morgan fingerprint density at radius 2 is 2.07 bits per heavy atom. The molecule has 1 aromatic heterocycles. The van der Waals surface area contributed by atoms with E-state index in [1.165, 1.54) is 30.0 Å². The minimum absolute atomic E-state index is 0.126. The molecule has 154 valence electrons. The summed E-state index contributed by atoms with van der Waals surface area (Å²) < 4.78 is 10.8. The largest absolute Gasteiger partial charge is 0.466 e. The molecule has 0 aromatic carbocycles. The molecule has 28 heavy (non-hydrogen) atoms. The molecule has 0 bridgehead atoms. The molecule has 2 fully saturated rings. The molecule has 1 saturated heterocycles. The van der Waals surface area contributed by atoms with Crippen molar-refractivity contribution in [3.8, 4) is 0 Å². The van der Waals surface area contributed by atoms with Crippen LogP contribution in [0.4, 0.5) is 0 Å². The molecule has 1 aliphatic carbocycles. The van der Waals surface area contributed by atoms with Crippen molar-refractivity contribution in [1.82, 2.24) is 10.2 Å². The Kier molecular flexibility index (Phi) is 6.69. The Balaban J connectivity index is 1.59. The molecule has 2 heterocycles. The van der Waals surface area contributed by atoms with Crippen LogP contribution in [-0.4, -0.2) is 46.6 Å². The summed E-state index contributed by atoms with van der Waals surface area (Å²) in [5.41, 5.74) is 0. The van der Waals surface area contributed by atoms with E-state index in [9.17, 15) is 14.4 Å². The predicted molar refractivity (Wildman–Crippen MR) is 105 cm³/mol. The first-order valence-electron chi connectivity index (χ1n) is 9.83. The van der Waals surface area contributed by atoms with E-state index in [0.717, 1.165) is 19.3 Å². The van der Waals surface area contributed by atoms with E-state index in [-0.39, 0.29) is 23.2 Å². The van der Waals surface area contributed by atoms with E-state index in [0.29, 0.717) is 17.4 Å². The maximum Gasteiger partial charge on any atom is 0.330 e. The fraction of sp³-hybridized carbons (Fsp3) is 0.650. The molecule has 1 aromatic rings. The normalized spacial score (nSPS) is 28.6. The maximum atomic E-state index is 12.7. The summed E-state index contributed by atoms with van der Waals surface area (Å²) >= 11 is 1.45. The Hall–Kier alpha value is -1.96. The van der Waals surface area contributed by atoms with Crippen LogP contribution in [0.3, 0.4) is 0 Å². The van der Waals surface area contributed by atoms with Crippen LogP contribution in [-0.2, 0) is 19.1 Å². The number of nitrogens with one attached hydrogen (secondary N) is 1. The van der Waals surface area contributed by atoms with Crippen LogP contribution in [0.15, 0.2) is 22.8 Å². The average molecular weight is 409 g/mol. The zero-order valence-electron chi connectivity index (χ0n) is 16.6. The van der Waals surface area contributed by atoms with Crippen LogP contribution >= 0.6 is 11.8 Å². The monoisotopic (exact) mass is 408 g/mol. The van der Waals surface area contributed by atoms with Crippen LogP contribution < -0.4 is 5.32 Å². The molecule has 5 atom stereocenters. The first kappa shape index (κ1) is 20.8. The van der Waals surface area contributed by atoms with E-state index in [2.05, 4.69) is 12.2 Å². The van der Waals surface area contributed by atoms with E-state index in [4.69, 9.17) is 9.15 Å². The molecule has 8 heteroatoms. The van der Waals surface area contributed by atoms with Crippen LogP contribution in [0, 0.1) is 5.92 Å². The Morgan fingerprint density at radius 3 is 2.71 bits per heavy atom. The first-order chi connectivity index (χ1) is 13.4. The third-order valence-corrected chi connectivity index (χ3v) is 6.81. The number of thioether (sulfide) groups is 1. The van der Waals surface area contributed by atoms with Gasteiger partial charge in [-0.25, -0.2) is 4.79 Å². The lowest BCUT2D eigenvalue weighted by Gasteiger charge is -2.31. The van der Waals surface area contributed by atoms with Crippen molar-refractivity contribution in [3.63, 3.8) is 0 Å². The minimum atomic E-state index is -0.900. The number of hydrogen-bond donors (Lipinski definition) is 1. The van der Waals surface area contributed by atoms with E-state index in [1.54, 1.807) is 25.3 Å². The highest BCUT2D eigenvalue weighted by Gasteiger charge is 2.43. The third kappa shape index (κ3) is 4.54. The molecule has 2 aliphatic rings. The highest BCUT2D eigenvalue weighted by molar-refractivity contribution is 7.99. The SMILES string of the molecule is CC(=O)N1[C@@H](c2ccco2)SC[C@H]1C(=O)O[C@H](C)C(=O)N[C@@H]1CCCC[C@@H]1C. The number of hydrogen-bond acceptors (Lipinski definition) is 6. The molecule has 1 aliphatic heterocycles. The molecule has 0 unspecified atom stereocenters. The van der Waals surface area contributed by atoms with Gasteiger partial charge >= 0.3 is 5.97 Å². The number of carbonyl (C=O) groups excluding carboxylic acids is 3. The Morgan fingerprint density at radius 1 is 1.32 bits per heavy atom. The van der Waals surface area contributed by atoms with Crippen molar-refractivity contribution in [2.75, 3.05) is 5.75 Å².